The van der Waals surface area contributed by atoms with E-state index in [9.17, 15) is 9.59 Å². The molecule has 1 atom stereocenters. The van der Waals surface area contributed by atoms with Gasteiger partial charge < -0.3 is 20.3 Å². The van der Waals surface area contributed by atoms with Crippen LogP contribution in [0.25, 0.3) is 0 Å². The molecule has 2 amide bonds. The highest BCUT2D eigenvalue weighted by Gasteiger charge is 2.43. The second-order valence-corrected chi connectivity index (χ2v) is 11.1. The summed E-state index contributed by atoms with van der Waals surface area (Å²) in [5.74, 6) is -0.339. The fourth-order valence-corrected chi connectivity index (χ4v) is 6.57. The fourth-order valence-electron chi connectivity index (χ4n) is 6.57. The van der Waals surface area contributed by atoms with Crippen LogP contribution in [0.2, 0.25) is 0 Å². The molecule has 1 aliphatic carbocycles. The number of carbonyl (C=O) groups excluding carboxylic acids is 2. The van der Waals surface area contributed by atoms with E-state index in [4.69, 9.17) is 10.5 Å². The fraction of sp³-hybridized carbons (Fsp3) is 0.387. The number of aromatic nitrogens is 1. The number of hydrogen-bond donors (Lipinski definition) is 1. The third-order valence-electron chi connectivity index (χ3n) is 8.60. The summed E-state index contributed by atoms with van der Waals surface area (Å²) in [6.07, 6.45) is 9.42. The summed E-state index contributed by atoms with van der Waals surface area (Å²) in [5, 5.41) is 0. The lowest BCUT2D eigenvalue weighted by atomic mass is 9.68. The molecule has 1 unspecified atom stereocenters. The van der Waals surface area contributed by atoms with E-state index < -0.39 is 11.8 Å². The van der Waals surface area contributed by atoms with Crippen LogP contribution in [0.1, 0.15) is 66.1 Å². The molecule has 196 valence electrons. The second kappa shape index (κ2) is 9.78. The molecule has 2 aromatic carbocycles. The Morgan fingerprint density at radius 2 is 1.82 bits per heavy atom. The molecule has 3 heterocycles. The molecule has 2 N–H and O–H groups in total. The van der Waals surface area contributed by atoms with E-state index in [0.717, 1.165) is 24.3 Å². The highest BCUT2D eigenvalue weighted by molar-refractivity contribution is 6.02. The molecule has 1 saturated heterocycles. The number of nitrogens with two attached hydrogens (primary N) is 1. The minimum absolute atomic E-state index is 0.0789. The summed E-state index contributed by atoms with van der Waals surface area (Å²) in [7, 11) is 1.82. The number of ether oxygens (including phenoxy) is 1. The molecular weight excluding hydrogens is 476 g/mol. The van der Waals surface area contributed by atoms with Crippen molar-refractivity contribution in [3.63, 3.8) is 0 Å². The SMILES string of the molecule is CN1C(=O)C(c2c(Oc3ccccc3)ccnc2C(N)=O)CCc2ccc(N3CC4(CCCCC4)C3)cc21. The summed E-state index contributed by atoms with van der Waals surface area (Å²) in [4.78, 5) is 34.8. The van der Waals surface area contributed by atoms with Gasteiger partial charge in [0.05, 0.1) is 5.92 Å². The first-order chi connectivity index (χ1) is 18.4. The maximum Gasteiger partial charge on any atom is 0.267 e. The normalized spacial score (nSPS) is 20.4. The van der Waals surface area contributed by atoms with Gasteiger partial charge in [0.15, 0.2) is 0 Å². The molecule has 6 rings (SSSR count). The van der Waals surface area contributed by atoms with Crippen molar-refractivity contribution in [3.8, 4) is 11.5 Å². The van der Waals surface area contributed by atoms with E-state index in [1.54, 1.807) is 11.0 Å². The van der Waals surface area contributed by atoms with Crippen molar-refractivity contribution < 1.29 is 14.3 Å². The summed E-state index contributed by atoms with van der Waals surface area (Å²) in [6, 6.07) is 17.5. The smallest absolute Gasteiger partial charge is 0.267 e. The van der Waals surface area contributed by atoms with Crippen molar-refractivity contribution in [2.45, 2.75) is 50.9 Å². The van der Waals surface area contributed by atoms with Gasteiger partial charge in [-0.2, -0.15) is 0 Å². The minimum atomic E-state index is -0.674. The lowest BCUT2D eigenvalue weighted by molar-refractivity contribution is -0.119. The van der Waals surface area contributed by atoms with Crippen LogP contribution >= 0.6 is 0 Å². The van der Waals surface area contributed by atoms with Crippen LogP contribution in [0.4, 0.5) is 11.4 Å². The number of pyridine rings is 1. The molecule has 7 nitrogen and oxygen atoms in total. The highest BCUT2D eigenvalue weighted by atomic mass is 16.5. The molecule has 3 aliphatic rings. The zero-order chi connectivity index (χ0) is 26.3. The van der Waals surface area contributed by atoms with E-state index in [2.05, 4.69) is 28.1 Å². The number of amides is 2. The number of likely N-dealkylation sites (N-methyl/N-ethyl adjacent to an activating group) is 1. The van der Waals surface area contributed by atoms with Crippen molar-refractivity contribution in [2.24, 2.45) is 11.1 Å². The number of aryl methyl sites for hydroxylation is 1. The molecule has 38 heavy (non-hydrogen) atoms. The van der Waals surface area contributed by atoms with Crippen LogP contribution < -0.4 is 20.3 Å². The number of benzene rings is 2. The van der Waals surface area contributed by atoms with Gasteiger partial charge in [0.2, 0.25) is 5.91 Å². The monoisotopic (exact) mass is 510 g/mol. The van der Waals surface area contributed by atoms with Crippen molar-refractivity contribution in [1.82, 2.24) is 4.98 Å². The third-order valence-corrected chi connectivity index (χ3v) is 8.60. The lowest BCUT2D eigenvalue weighted by Crippen LogP contribution is -2.57. The second-order valence-electron chi connectivity index (χ2n) is 11.1. The Morgan fingerprint density at radius 1 is 1.05 bits per heavy atom. The van der Waals surface area contributed by atoms with Gasteiger partial charge >= 0.3 is 0 Å². The van der Waals surface area contributed by atoms with E-state index in [1.807, 2.05) is 37.4 Å². The maximum absolute atomic E-state index is 14.0. The molecule has 1 spiro atoms. The standard InChI is InChI=1S/C31H34N4O3/c1-34-25-18-22(35-19-31(20-35)15-6-3-7-16-31)12-10-21(25)11-13-24(30(34)37)27-26(14-17-33-28(27)29(32)36)38-23-8-4-2-5-9-23/h2,4-5,8-10,12,14,17-18,24H,3,6-7,11,13,15-16,19-20H2,1H3,(H2,32,36). The van der Waals surface area contributed by atoms with Crippen molar-refractivity contribution >= 4 is 23.2 Å². The van der Waals surface area contributed by atoms with Crippen LogP contribution in [0.5, 0.6) is 11.5 Å². The Hall–Kier alpha value is -3.87. The van der Waals surface area contributed by atoms with Gasteiger partial charge in [-0.3, -0.25) is 14.6 Å². The molecule has 7 heteroatoms. The quantitative estimate of drug-likeness (QED) is 0.494. The van der Waals surface area contributed by atoms with Crippen LogP contribution in [-0.2, 0) is 11.2 Å². The van der Waals surface area contributed by atoms with Crippen LogP contribution in [0.3, 0.4) is 0 Å². The zero-order valence-electron chi connectivity index (χ0n) is 21.9. The summed E-state index contributed by atoms with van der Waals surface area (Å²) >= 11 is 0. The molecule has 3 aromatic rings. The zero-order valence-corrected chi connectivity index (χ0v) is 21.9. The number of anilines is 2. The first-order valence-electron chi connectivity index (χ1n) is 13.6. The molecule has 1 aromatic heterocycles. The third kappa shape index (κ3) is 4.40. The van der Waals surface area contributed by atoms with Crippen LogP contribution in [0, 0.1) is 5.41 Å². The topological polar surface area (TPSA) is 88.8 Å². The van der Waals surface area contributed by atoms with E-state index in [1.165, 1.54) is 44.0 Å². The highest BCUT2D eigenvalue weighted by Crippen LogP contribution is 2.47. The number of para-hydroxylation sites is 1. The Morgan fingerprint density at radius 3 is 2.55 bits per heavy atom. The summed E-state index contributed by atoms with van der Waals surface area (Å²) in [6.45, 7) is 2.20. The Balaban J connectivity index is 1.30. The van der Waals surface area contributed by atoms with Crippen molar-refractivity contribution in [1.29, 1.82) is 0 Å². The first kappa shape index (κ1) is 24.5. The first-order valence-corrected chi connectivity index (χ1v) is 13.6. The lowest BCUT2D eigenvalue weighted by Gasteiger charge is -2.53. The van der Waals surface area contributed by atoms with Gasteiger partial charge in [0.25, 0.3) is 5.91 Å². The molecular formula is C31H34N4O3. The largest absolute Gasteiger partial charge is 0.457 e. The average molecular weight is 511 g/mol. The Bertz CT molecular complexity index is 1360. The molecule has 2 aliphatic heterocycles. The maximum atomic E-state index is 14.0. The average Bonchev–Trinajstić information content (AvgIpc) is 3.04. The van der Waals surface area contributed by atoms with Gasteiger partial charge in [0, 0.05) is 48.7 Å². The Labute approximate surface area is 223 Å². The number of nitrogens with zero attached hydrogens (tertiary/aromatic N) is 3. The Kier molecular flexibility index (Phi) is 6.30. The molecule has 0 radical (unpaired) electrons. The predicted molar refractivity (Wildman–Crippen MR) is 148 cm³/mol. The number of fused-ring (bicyclic) bond motifs is 1. The summed E-state index contributed by atoms with van der Waals surface area (Å²) in [5.41, 5.74) is 9.97. The van der Waals surface area contributed by atoms with Gasteiger partial charge in [-0.15, -0.1) is 0 Å². The number of carbonyl (C=O) groups is 2. The number of primary amides is 1. The van der Waals surface area contributed by atoms with E-state index in [0.29, 0.717) is 35.3 Å². The van der Waals surface area contributed by atoms with Gasteiger partial charge in [-0.1, -0.05) is 43.5 Å². The van der Waals surface area contributed by atoms with Crippen molar-refractivity contribution in [3.05, 3.63) is 77.6 Å². The predicted octanol–water partition coefficient (Wildman–Crippen LogP) is 5.44. The molecule has 2 fully saturated rings. The number of hydrogen-bond acceptors (Lipinski definition) is 5. The minimum Gasteiger partial charge on any atom is -0.457 e. The molecule has 1 saturated carbocycles. The van der Waals surface area contributed by atoms with Crippen LogP contribution in [0.15, 0.2) is 60.8 Å². The van der Waals surface area contributed by atoms with Gasteiger partial charge in [-0.05, 0) is 61.6 Å². The number of rotatable bonds is 5. The van der Waals surface area contributed by atoms with Crippen molar-refractivity contribution in [2.75, 3.05) is 29.9 Å². The van der Waals surface area contributed by atoms with Crippen LogP contribution in [-0.4, -0.2) is 36.9 Å². The van der Waals surface area contributed by atoms with Gasteiger partial charge in [0.1, 0.15) is 17.2 Å². The molecule has 0 bridgehead atoms. The summed E-state index contributed by atoms with van der Waals surface area (Å²) < 4.78 is 6.16. The van der Waals surface area contributed by atoms with E-state index in [-0.39, 0.29) is 11.6 Å². The van der Waals surface area contributed by atoms with E-state index >= 15 is 0 Å². The van der Waals surface area contributed by atoms with Gasteiger partial charge in [-0.25, -0.2) is 0 Å².